The number of aryl methyl sites for hydroxylation is 1. The lowest BCUT2D eigenvalue weighted by Gasteiger charge is -2.17. The second-order valence-electron chi connectivity index (χ2n) is 5.66. The zero-order valence-electron chi connectivity index (χ0n) is 13.6. The van der Waals surface area contributed by atoms with Gasteiger partial charge < -0.3 is 21.1 Å². The number of hydrogen-bond donors (Lipinski definition) is 3. The minimum atomic E-state index is -3.08. The van der Waals surface area contributed by atoms with Crippen LogP contribution in [0.25, 0.3) is 0 Å². The van der Waals surface area contributed by atoms with Gasteiger partial charge in [0.1, 0.15) is 5.75 Å². The number of ether oxygens (including phenoxy) is 1. The number of benzene rings is 1. The fourth-order valence-corrected chi connectivity index (χ4v) is 2.26. The van der Waals surface area contributed by atoms with E-state index < -0.39 is 24.9 Å². The fourth-order valence-electron chi connectivity index (χ4n) is 2.26. The van der Waals surface area contributed by atoms with Crippen molar-refractivity contribution in [2.75, 3.05) is 25.0 Å². The normalized spacial score (nSPS) is 13.3. The lowest BCUT2D eigenvalue weighted by molar-refractivity contribution is -0.123. The van der Waals surface area contributed by atoms with Crippen LogP contribution in [0.1, 0.15) is 24.8 Å². The molecule has 0 fully saturated rings. The predicted molar refractivity (Wildman–Crippen MR) is 92.4 cm³/mol. The van der Waals surface area contributed by atoms with Crippen LogP contribution in [0.2, 0.25) is 0 Å². The van der Waals surface area contributed by atoms with Gasteiger partial charge in [-0.2, -0.15) is 0 Å². The first-order valence-corrected chi connectivity index (χ1v) is 7.80. The minimum absolute atomic E-state index is 0. The van der Waals surface area contributed by atoms with E-state index in [0.717, 1.165) is 11.3 Å². The second kappa shape index (κ2) is 9.53. The van der Waals surface area contributed by atoms with Gasteiger partial charge in [-0.25, -0.2) is 8.78 Å². The molecule has 140 valence electrons. The van der Waals surface area contributed by atoms with Gasteiger partial charge in [-0.15, -0.1) is 12.4 Å². The third-order valence-electron chi connectivity index (χ3n) is 3.63. The molecule has 0 spiro atoms. The van der Waals surface area contributed by atoms with Gasteiger partial charge in [0, 0.05) is 18.5 Å². The highest BCUT2D eigenvalue weighted by Gasteiger charge is 2.26. The van der Waals surface area contributed by atoms with Crippen molar-refractivity contribution in [3.8, 4) is 5.75 Å². The highest BCUT2D eigenvalue weighted by atomic mass is 35.5. The van der Waals surface area contributed by atoms with Gasteiger partial charge in [0.05, 0.1) is 19.7 Å². The van der Waals surface area contributed by atoms with Crippen LogP contribution in [-0.4, -0.2) is 37.4 Å². The van der Waals surface area contributed by atoms with Gasteiger partial charge in [-0.1, -0.05) is 0 Å². The maximum atomic E-state index is 12.9. The number of hydrogen-bond acceptors (Lipinski definition) is 4. The summed E-state index contributed by atoms with van der Waals surface area (Å²) in [7, 11) is 0. The first-order chi connectivity index (χ1) is 11.4. The third kappa shape index (κ3) is 6.83. The number of rotatable bonds is 8. The topological polar surface area (TPSA) is 93.4 Å². The van der Waals surface area contributed by atoms with Crippen LogP contribution >= 0.6 is 12.4 Å². The van der Waals surface area contributed by atoms with E-state index in [1.807, 2.05) is 6.07 Å². The molecule has 0 aromatic heterocycles. The van der Waals surface area contributed by atoms with Crippen LogP contribution in [0.15, 0.2) is 18.2 Å². The lowest BCUT2D eigenvalue weighted by Crippen LogP contribution is -2.41. The quantitative estimate of drug-likeness (QED) is 0.603. The van der Waals surface area contributed by atoms with Gasteiger partial charge >= 0.3 is 0 Å². The van der Waals surface area contributed by atoms with Gasteiger partial charge in [0.15, 0.2) is 0 Å². The third-order valence-corrected chi connectivity index (χ3v) is 3.63. The van der Waals surface area contributed by atoms with Crippen LogP contribution in [0.3, 0.4) is 0 Å². The summed E-state index contributed by atoms with van der Waals surface area (Å²) in [6, 6.07) is 5.38. The summed E-state index contributed by atoms with van der Waals surface area (Å²) < 4.78 is 31.3. The van der Waals surface area contributed by atoms with Crippen LogP contribution in [-0.2, 0) is 16.0 Å². The highest BCUT2D eigenvalue weighted by molar-refractivity contribution is 5.94. The number of nitrogens with two attached hydrogens (primary N) is 1. The molecule has 0 bridgehead atoms. The van der Waals surface area contributed by atoms with Crippen LogP contribution in [0.5, 0.6) is 5.75 Å². The molecule has 1 aromatic rings. The largest absolute Gasteiger partial charge is 0.494 e. The average molecular weight is 378 g/mol. The summed E-state index contributed by atoms with van der Waals surface area (Å²) >= 11 is 0. The Hall–Kier alpha value is -1.93. The van der Waals surface area contributed by atoms with Gasteiger partial charge in [0.25, 0.3) is 5.92 Å². The van der Waals surface area contributed by atoms with Crippen molar-refractivity contribution in [3.05, 3.63) is 23.8 Å². The molecule has 0 saturated carbocycles. The smallest absolute Gasteiger partial charge is 0.277 e. The fraction of sp³-hybridized carbons (Fsp3) is 0.500. The van der Waals surface area contributed by atoms with Gasteiger partial charge in [-0.3, -0.25) is 9.59 Å². The van der Waals surface area contributed by atoms with E-state index in [9.17, 15) is 18.4 Å². The van der Waals surface area contributed by atoms with Crippen molar-refractivity contribution < 1.29 is 23.1 Å². The molecule has 2 amide bonds. The number of anilines is 1. The highest BCUT2D eigenvalue weighted by Crippen LogP contribution is 2.26. The Morgan fingerprint density at radius 2 is 2.12 bits per heavy atom. The number of carbonyl (C=O) groups is 2. The number of carbonyl (C=O) groups excluding carboxylic acids is 2. The predicted octanol–water partition coefficient (Wildman–Crippen LogP) is 1.86. The van der Waals surface area contributed by atoms with E-state index in [2.05, 4.69) is 10.6 Å². The average Bonchev–Trinajstić information content (AvgIpc) is 2.57. The van der Waals surface area contributed by atoms with Gasteiger partial charge in [0.2, 0.25) is 11.8 Å². The van der Waals surface area contributed by atoms with E-state index in [1.165, 1.54) is 0 Å². The molecule has 2 rings (SSSR count). The molecule has 25 heavy (non-hydrogen) atoms. The molecular formula is C16H22ClF2N3O3. The standard InChI is InChI=1S/C16H21F2N3O3.ClH/c17-16(18,9-19)10-20-14(22)2-1-7-24-12-4-5-13-11(8-12)3-6-15(23)21-13;/h4-5,8H,1-3,6-7,9-10,19H2,(H,20,22)(H,21,23);1H. The van der Waals surface area contributed by atoms with E-state index >= 15 is 0 Å². The monoisotopic (exact) mass is 377 g/mol. The SMILES string of the molecule is Cl.NCC(F)(F)CNC(=O)CCCOc1ccc2c(c1)CCC(=O)N2. The first kappa shape index (κ1) is 21.1. The summed E-state index contributed by atoms with van der Waals surface area (Å²) in [5, 5.41) is 4.94. The molecule has 1 aliphatic heterocycles. The zero-order valence-corrected chi connectivity index (χ0v) is 14.5. The number of alkyl halides is 2. The van der Waals surface area contributed by atoms with E-state index in [-0.39, 0.29) is 24.7 Å². The summed E-state index contributed by atoms with van der Waals surface area (Å²) in [5.74, 6) is -2.88. The summed E-state index contributed by atoms with van der Waals surface area (Å²) in [6.07, 6.45) is 1.62. The van der Waals surface area contributed by atoms with Gasteiger partial charge in [-0.05, 0) is 36.6 Å². The van der Waals surface area contributed by atoms with Crippen LogP contribution in [0.4, 0.5) is 14.5 Å². The summed E-state index contributed by atoms with van der Waals surface area (Å²) in [5.41, 5.74) is 6.69. The van der Waals surface area contributed by atoms with Crippen molar-refractivity contribution in [1.82, 2.24) is 5.32 Å². The summed E-state index contributed by atoms with van der Waals surface area (Å²) in [4.78, 5) is 22.7. The van der Waals surface area contributed by atoms with Crippen molar-refractivity contribution >= 4 is 29.9 Å². The maximum Gasteiger partial charge on any atom is 0.277 e. The maximum absolute atomic E-state index is 12.9. The molecule has 0 aliphatic carbocycles. The Morgan fingerprint density at radius 3 is 2.84 bits per heavy atom. The molecule has 4 N–H and O–H groups in total. The van der Waals surface area contributed by atoms with Crippen molar-refractivity contribution in [1.29, 1.82) is 0 Å². The molecule has 0 atom stereocenters. The molecule has 0 unspecified atom stereocenters. The van der Waals surface area contributed by atoms with Crippen LogP contribution in [0, 0.1) is 0 Å². The molecule has 1 aromatic carbocycles. The molecule has 9 heteroatoms. The Kier molecular flexibility index (Phi) is 8.05. The van der Waals surface area contributed by atoms with Crippen molar-refractivity contribution in [2.24, 2.45) is 5.73 Å². The molecular weight excluding hydrogens is 356 g/mol. The molecule has 6 nitrogen and oxygen atoms in total. The Balaban J connectivity index is 0.00000312. The number of amides is 2. The number of fused-ring (bicyclic) bond motifs is 1. The van der Waals surface area contributed by atoms with E-state index in [1.54, 1.807) is 12.1 Å². The zero-order chi connectivity index (χ0) is 17.6. The minimum Gasteiger partial charge on any atom is -0.494 e. The molecule has 0 radical (unpaired) electrons. The van der Waals surface area contributed by atoms with E-state index in [0.29, 0.717) is 31.6 Å². The lowest BCUT2D eigenvalue weighted by atomic mass is 10.0. The second-order valence-corrected chi connectivity index (χ2v) is 5.66. The molecule has 1 aliphatic rings. The molecule has 0 saturated heterocycles. The van der Waals surface area contributed by atoms with Crippen molar-refractivity contribution in [2.45, 2.75) is 31.6 Å². The first-order valence-electron chi connectivity index (χ1n) is 7.80. The van der Waals surface area contributed by atoms with Crippen molar-refractivity contribution in [3.63, 3.8) is 0 Å². The number of halogens is 3. The number of nitrogens with one attached hydrogen (secondary N) is 2. The Labute approximate surface area is 150 Å². The Bertz CT molecular complexity index is 614. The van der Waals surface area contributed by atoms with E-state index in [4.69, 9.17) is 10.5 Å². The van der Waals surface area contributed by atoms with Crippen LogP contribution < -0.4 is 21.1 Å². The Morgan fingerprint density at radius 1 is 1.36 bits per heavy atom. The molecule has 1 heterocycles. The summed E-state index contributed by atoms with van der Waals surface area (Å²) in [6.45, 7) is -1.25.